The Morgan fingerprint density at radius 3 is 2.29 bits per heavy atom. The van der Waals surface area contributed by atoms with Crippen molar-refractivity contribution >= 4 is 29.7 Å². The van der Waals surface area contributed by atoms with Crippen LogP contribution in [0.4, 0.5) is 0 Å². The number of carboxylic acid groups (broad SMARTS) is 1. The molecule has 1 aliphatic rings. The number of rotatable bonds is 15. The summed E-state index contributed by atoms with van der Waals surface area (Å²) in [7, 11) is 0. The number of aliphatic imine (C=N–C) groups is 1. The highest BCUT2D eigenvalue weighted by molar-refractivity contribution is 5.94. The number of carboxylic acids is 1. The maximum atomic E-state index is 13.1. The third-order valence-corrected chi connectivity index (χ3v) is 5.98. The summed E-state index contributed by atoms with van der Waals surface area (Å²) in [6, 6.07) is -3.61. The van der Waals surface area contributed by atoms with Crippen molar-refractivity contribution in [3.63, 3.8) is 0 Å². The standard InChI is InChI=1S/C22H42N8O5/c1-13(2)17(24)20(33)30-12-6-9-16(30)19(32)28-14(8-5-11-27-22(25)26)18(31)29-15(21(34)35)7-3-4-10-23/h13-17H,3-12,23-24H2,1-2H3,(H,28,32)(H,29,31)(H,34,35)(H4,25,26,27). The van der Waals surface area contributed by atoms with Crippen molar-refractivity contribution in [2.45, 2.75) is 83.0 Å². The lowest BCUT2D eigenvalue weighted by Crippen LogP contribution is -2.57. The number of carbonyl (C=O) groups is 4. The Bertz CT molecular complexity index is 756. The Hall–Kier alpha value is -2.93. The fraction of sp³-hybridized carbons (Fsp3) is 0.773. The molecule has 13 heteroatoms. The molecule has 0 spiro atoms. The average Bonchev–Trinajstić information content (AvgIpc) is 3.29. The minimum atomic E-state index is -1.17. The van der Waals surface area contributed by atoms with Crippen molar-refractivity contribution in [2.24, 2.45) is 33.8 Å². The van der Waals surface area contributed by atoms with Gasteiger partial charge in [0.1, 0.15) is 18.1 Å². The van der Waals surface area contributed by atoms with Crippen LogP contribution in [-0.4, -0.2) is 83.5 Å². The number of aliphatic carboxylic acids is 1. The topological polar surface area (TPSA) is 232 Å². The minimum absolute atomic E-state index is 0.0897. The van der Waals surface area contributed by atoms with Gasteiger partial charge in [0.25, 0.3) is 0 Å². The van der Waals surface area contributed by atoms with Gasteiger partial charge in [-0.15, -0.1) is 0 Å². The van der Waals surface area contributed by atoms with Crippen LogP contribution in [0.1, 0.15) is 58.8 Å². The van der Waals surface area contributed by atoms with Crippen LogP contribution in [-0.2, 0) is 19.2 Å². The molecule has 200 valence electrons. The first-order valence-corrected chi connectivity index (χ1v) is 12.1. The molecule has 11 N–H and O–H groups in total. The first-order valence-electron chi connectivity index (χ1n) is 12.1. The van der Waals surface area contributed by atoms with Crippen LogP contribution < -0.4 is 33.6 Å². The highest BCUT2D eigenvalue weighted by Gasteiger charge is 2.38. The van der Waals surface area contributed by atoms with Gasteiger partial charge in [-0.1, -0.05) is 13.8 Å². The van der Waals surface area contributed by atoms with Crippen molar-refractivity contribution in [3.8, 4) is 0 Å². The molecule has 0 aromatic heterocycles. The van der Waals surface area contributed by atoms with Gasteiger partial charge in [0.15, 0.2) is 5.96 Å². The van der Waals surface area contributed by atoms with E-state index in [1.807, 2.05) is 13.8 Å². The summed E-state index contributed by atoms with van der Waals surface area (Å²) in [4.78, 5) is 55.8. The number of unbranched alkanes of at least 4 members (excludes halogenated alkanes) is 1. The molecule has 1 saturated heterocycles. The van der Waals surface area contributed by atoms with E-state index in [1.54, 1.807) is 0 Å². The molecule has 4 unspecified atom stereocenters. The van der Waals surface area contributed by atoms with E-state index in [-0.39, 0.29) is 37.2 Å². The molecule has 4 atom stereocenters. The summed E-state index contributed by atoms with van der Waals surface area (Å²) in [5.41, 5.74) is 22.1. The molecular formula is C22H42N8O5. The molecular weight excluding hydrogens is 456 g/mol. The lowest BCUT2D eigenvalue weighted by molar-refractivity contribution is -0.143. The summed E-state index contributed by atoms with van der Waals surface area (Å²) in [6.45, 7) is 4.72. The lowest BCUT2D eigenvalue weighted by Gasteiger charge is -2.29. The fourth-order valence-corrected chi connectivity index (χ4v) is 3.84. The van der Waals surface area contributed by atoms with Gasteiger partial charge in [0, 0.05) is 13.1 Å². The SMILES string of the molecule is CC(C)C(N)C(=O)N1CCCC1C(=O)NC(CCCN=C(N)N)C(=O)NC(CCCCN)C(=O)O. The zero-order valence-corrected chi connectivity index (χ0v) is 20.7. The second-order valence-electron chi connectivity index (χ2n) is 9.15. The third-order valence-electron chi connectivity index (χ3n) is 5.98. The predicted molar refractivity (Wildman–Crippen MR) is 132 cm³/mol. The van der Waals surface area contributed by atoms with Gasteiger partial charge in [0.05, 0.1) is 6.04 Å². The van der Waals surface area contributed by atoms with Crippen LogP contribution in [0.2, 0.25) is 0 Å². The summed E-state index contributed by atoms with van der Waals surface area (Å²) in [5, 5.41) is 14.7. The van der Waals surface area contributed by atoms with E-state index in [2.05, 4.69) is 15.6 Å². The smallest absolute Gasteiger partial charge is 0.326 e. The van der Waals surface area contributed by atoms with Crippen LogP contribution >= 0.6 is 0 Å². The Morgan fingerprint density at radius 2 is 1.71 bits per heavy atom. The Kier molecular flexibility index (Phi) is 13.0. The number of hydrogen-bond donors (Lipinski definition) is 7. The van der Waals surface area contributed by atoms with Crippen molar-refractivity contribution < 1.29 is 24.3 Å². The van der Waals surface area contributed by atoms with Crippen molar-refractivity contribution in [1.82, 2.24) is 15.5 Å². The summed E-state index contributed by atoms with van der Waals surface area (Å²) in [5.74, 6) is -2.77. The van der Waals surface area contributed by atoms with Crippen LogP contribution in [0.25, 0.3) is 0 Å². The fourth-order valence-electron chi connectivity index (χ4n) is 3.84. The second kappa shape index (κ2) is 15.1. The van der Waals surface area contributed by atoms with Crippen LogP contribution in [0.5, 0.6) is 0 Å². The minimum Gasteiger partial charge on any atom is -0.480 e. The Labute approximate surface area is 206 Å². The van der Waals surface area contributed by atoms with Gasteiger partial charge >= 0.3 is 5.97 Å². The van der Waals surface area contributed by atoms with Gasteiger partial charge in [-0.2, -0.15) is 0 Å². The Balaban J connectivity index is 2.94. The molecule has 0 radical (unpaired) electrons. The molecule has 1 rings (SSSR count). The summed E-state index contributed by atoms with van der Waals surface area (Å²) < 4.78 is 0. The normalized spacial score (nSPS) is 18.0. The number of guanidine groups is 1. The monoisotopic (exact) mass is 498 g/mol. The number of likely N-dealkylation sites (tertiary alicyclic amines) is 1. The molecule has 1 aliphatic heterocycles. The van der Waals surface area contributed by atoms with Crippen molar-refractivity contribution in [3.05, 3.63) is 0 Å². The van der Waals surface area contributed by atoms with E-state index < -0.39 is 42.0 Å². The highest BCUT2D eigenvalue weighted by atomic mass is 16.4. The molecule has 0 saturated carbocycles. The van der Waals surface area contributed by atoms with E-state index in [1.165, 1.54) is 4.90 Å². The summed E-state index contributed by atoms with van der Waals surface area (Å²) in [6.07, 6.45) is 3.00. The average molecular weight is 499 g/mol. The van der Waals surface area contributed by atoms with Crippen LogP contribution in [0.3, 0.4) is 0 Å². The number of nitrogens with zero attached hydrogens (tertiary/aromatic N) is 2. The Morgan fingerprint density at radius 1 is 1.06 bits per heavy atom. The highest BCUT2D eigenvalue weighted by Crippen LogP contribution is 2.20. The molecule has 0 aromatic rings. The number of nitrogens with two attached hydrogens (primary N) is 4. The zero-order valence-electron chi connectivity index (χ0n) is 20.7. The third kappa shape index (κ3) is 10.1. The maximum absolute atomic E-state index is 13.1. The second-order valence-corrected chi connectivity index (χ2v) is 9.15. The molecule has 13 nitrogen and oxygen atoms in total. The van der Waals surface area contributed by atoms with Gasteiger partial charge in [-0.25, -0.2) is 4.79 Å². The maximum Gasteiger partial charge on any atom is 0.326 e. The quantitative estimate of drug-likeness (QED) is 0.0765. The number of hydrogen-bond acceptors (Lipinski definition) is 7. The summed E-state index contributed by atoms with van der Waals surface area (Å²) >= 11 is 0. The van der Waals surface area contributed by atoms with Crippen LogP contribution in [0, 0.1) is 5.92 Å². The number of amides is 3. The van der Waals surface area contributed by atoms with E-state index >= 15 is 0 Å². The lowest BCUT2D eigenvalue weighted by atomic mass is 10.0. The number of nitrogens with one attached hydrogen (secondary N) is 2. The van der Waals surface area contributed by atoms with E-state index in [9.17, 15) is 24.3 Å². The first kappa shape index (κ1) is 30.1. The van der Waals surface area contributed by atoms with E-state index in [4.69, 9.17) is 22.9 Å². The molecule has 0 aliphatic carbocycles. The zero-order chi connectivity index (χ0) is 26.5. The van der Waals surface area contributed by atoms with Crippen LogP contribution in [0.15, 0.2) is 4.99 Å². The predicted octanol–water partition coefficient (Wildman–Crippen LogP) is -1.80. The van der Waals surface area contributed by atoms with Gasteiger partial charge in [-0.3, -0.25) is 19.4 Å². The van der Waals surface area contributed by atoms with Gasteiger partial charge in [0.2, 0.25) is 17.7 Å². The van der Waals surface area contributed by atoms with Gasteiger partial charge < -0.3 is 43.6 Å². The largest absolute Gasteiger partial charge is 0.480 e. The van der Waals surface area contributed by atoms with Crippen molar-refractivity contribution in [2.75, 3.05) is 19.6 Å². The molecule has 1 heterocycles. The molecule has 1 fully saturated rings. The molecule has 35 heavy (non-hydrogen) atoms. The molecule has 3 amide bonds. The van der Waals surface area contributed by atoms with E-state index in [0.29, 0.717) is 45.2 Å². The van der Waals surface area contributed by atoms with Gasteiger partial charge in [-0.05, 0) is 57.4 Å². The van der Waals surface area contributed by atoms with E-state index in [0.717, 1.165) is 0 Å². The first-order chi connectivity index (χ1) is 16.5. The number of carbonyl (C=O) groups excluding carboxylic acids is 3. The molecule has 0 bridgehead atoms. The molecule has 0 aromatic carbocycles. The van der Waals surface area contributed by atoms with Crippen molar-refractivity contribution in [1.29, 1.82) is 0 Å².